The third kappa shape index (κ3) is 15.1. The monoisotopic (exact) mass is 755 g/mol. The van der Waals surface area contributed by atoms with E-state index < -0.39 is 65.9 Å². The molecule has 2 rings (SSSR count). The fraction of sp³-hybridized carbons (Fsp3) is 0.550. The Labute approximate surface area is 318 Å². The van der Waals surface area contributed by atoms with Crippen LogP contribution in [-0.2, 0) is 55.9 Å². The largest absolute Gasteiger partial charge is 0.458 e. The van der Waals surface area contributed by atoms with E-state index in [1.165, 1.54) is 28.1 Å². The van der Waals surface area contributed by atoms with Crippen LogP contribution in [0.5, 0.6) is 0 Å². The lowest BCUT2D eigenvalue weighted by atomic mass is 10.0. The Morgan fingerprint density at radius 3 is 1.76 bits per heavy atom. The predicted molar refractivity (Wildman–Crippen MR) is 201 cm³/mol. The number of hydrogen-bond acceptors (Lipinski definition) is 11. The topological polar surface area (TPSA) is 167 Å². The molecule has 14 nitrogen and oxygen atoms in total. The lowest BCUT2D eigenvalue weighted by Crippen LogP contribution is -2.52. The Kier molecular flexibility index (Phi) is 17.4. The first kappa shape index (κ1) is 45.0. The highest BCUT2D eigenvalue weighted by Crippen LogP contribution is 2.22. The van der Waals surface area contributed by atoms with Gasteiger partial charge in [0, 0.05) is 26.2 Å². The highest BCUT2D eigenvalue weighted by molar-refractivity contribution is 5.90. The van der Waals surface area contributed by atoms with Gasteiger partial charge < -0.3 is 28.6 Å². The van der Waals surface area contributed by atoms with Gasteiger partial charge in [0.1, 0.15) is 24.3 Å². The number of hydrogen-bond donors (Lipinski definition) is 1. The maximum atomic E-state index is 14.3. The normalized spacial score (nSPS) is 13.5. The Balaban J connectivity index is 2.41. The molecule has 1 N–H and O–H groups in total. The third-order valence-corrected chi connectivity index (χ3v) is 8.09. The van der Waals surface area contributed by atoms with Crippen LogP contribution in [0.3, 0.4) is 0 Å². The van der Waals surface area contributed by atoms with E-state index in [-0.39, 0.29) is 37.7 Å². The molecule has 3 amide bonds. The minimum atomic E-state index is -1.46. The van der Waals surface area contributed by atoms with E-state index in [1.54, 1.807) is 57.2 Å². The zero-order valence-electron chi connectivity index (χ0n) is 33.4. The first-order valence-corrected chi connectivity index (χ1v) is 18.0. The number of ether oxygens (including phenoxy) is 5. The Morgan fingerprint density at radius 2 is 1.24 bits per heavy atom. The zero-order chi connectivity index (χ0) is 40.7. The molecule has 0 fully saturated rings. The molecule has 0 saturated heterocycles. The lowest BCUT2D eigenvalue weighted by molar-refractivity contribution is -0.174. The Morgan fingerprint density at radius 1 is 0.704 bits per heavy atom. The van der Waals surface area contributed by atoms with Gasteiger partial charge in [0.25, 0.3) is 5.91 Å². The van der Waals surface area contributed by atoms with Crippen molar-refractivity contribution in [2.24, 2.45) is 11.8 Å². The molecule has 0 spiro atoms. The van der Waals surface area contributed by atoms with Crippen LogP contribution in [0, 0.1) is 11.8 Å². The molecule has 14 heteroatoms. The van der Waals surface area contributed by atoms with Gasteiger partial charge >= 0.3 is 30.1 Å². The van der Waals surface area contributed by atoms with E-state index in [4.69, 9.17) is 18.9 Å². The van der Waals surface area contributed by atoms with Crippen molar-refractivity contribution < 1.29 is 52.5 Å². The number of amides is 3. The Hall–Kier alpha value is -5.14. The van der Waals surface area contributed by atoms with Crippen molar-refractivity contribution in [2.75, 3.05) is 26.5 Å². The molecule has 4 unspecified atom stereocenters. The van der Waals surface area contributed by atoms with E-state index in [0.29, 0.717) is 11.3 Å². The summed E-state index contributed by atoms with van der Waals surface area (Å²) in [5.41, 5.74) is 0.915. The molecule has 0 aliphatic heterocycles. The van der Waals surface area contributed by atoms with Crippen LogP contribution in [0.25, 0.3) is 0 Å². The van der Waals surface area contributed by atoms with E-state index >= 15 is 0 Å². The predicted octanol–water partition coefficient (Wildman–Crippen LogP) is 6.15. The van der Waals surface area contributed by atoms with Crippen LogP contribution in [-0.4, -0.2) is 96.9 Å². The van der Waals surface area contributed by atoms with Gasteiger partial charge in [0.2, 0.25) is 0 Å². The van der Waals surface area contributed by atoms with Crippen molar-refractivity contribution in [2.45, 2.75) is 111 Å². The van der Waals surface area contributed by atoms with Gasteiger partial charge in [-0.15, -0.1) is 0 Å². The summed E-state index contributed by atoms with van der Waals surface area (Å²) in [6, 6.07) is 13.2. The van der Waals surface area contributed by atoms with Crippen LogP contribution in [0.15, 0.2) is 54.6 Å². The average Bonchev–Trinajstić information content (AvgIpc) is 3.10. The second-order valence-corrected chi connectivity index (χ2v) is 14.9. The SMILES string of the molecule is COC(=O)Nc1ccc(CC(OC(=O)C(CC(C)C)N(C)C(=O)OC(C)(C)C)C(=O)N(C)C(CC(C)C)C(=O)OC(C)C(=O)OCc2ccccc2)cc1. The van der Waals surface area contributed by atoms with E-state index in [9.17, 15) is 28.8 Å². The summed E-state index contributed by atoms with van der Waals surface area (Å²) in [6.07, 6.45) is -3.89. The number of methoxy groups -OCH3 is 1. The molecule has 54 heavy (non-hydrogen) atoms. The van der Waals surface area contributed by atoms with Crippen molar-refractivity contribution in [1.82, 2.24) is 9.80 Å². The van der Waals surface area contributed by atoms with Gasteiger partial charge in [-0.2, -0.15) is 0 Å². The molecule has 0 aromatic heterocycles. The number of nitrogens with zero attached hydrogens (tertiary/aromatic N) is 2. The van der Waals surface area contributed by atoms with Gasteiger partial charge in [-0.05, 0) is 75.6 Å². The summed E-state index contributed by atoms with van der Waals surface area (Å²) < 4.78 is 27.0. The first-order chi connectivity index (χ1) is 25.2. The molecule has 0 heterocycles. The number of carbonyl (C=O) groups is 6. The number of anilines is 1. The summed E-state index contributed by atoms with van der Waals surface area (Å²) in [4.78, 5) is 81.7. The average molecular weight is 756 g/mol. The number of rotatable bonds is 17. The molecule has 0 bridgehead atoms. The van der Waals surface area contributed by atoms with Crippen LogP contribution in [0.2, 0.25) is 0 Å². The molecule has 298 valence electrons. The van der Waals surface area contributed by atoms with Crippen LogP contribution >= 0.6 is 0 Å². The molecular formula is C40H57N3O11. The maximum absolute atomic E-state index is 14.3. The number of likely N-dealkylation sites (N-methyl/N-ethyl adjacent to an activating group) is 2. The second kappa shape index (κ2) is 20.9. The molecule has 2 aromatic carbocycles. The summed E-state index contributed by atoms with van der Waals surface area (Å²) in [5.74, 6) is -3.30. The first-order valence-electron chi connectivity index (χ1n) is 18.0. The summed E-state index contributed by atoms with van der Waals surface area (Å²) in [7, 11) is 4.06. The van der Waals surface area contributed by atoms with Crippen molar-refractivity contribution in [3.05, 3.63) is 65.7 Å². The molecular weight excluding hydrogens is 698 g/mol. The highest BCUT2D eigenvalue weighted by Gasteiger charge is 2.39. The van der Waals surface area contributed by atoms with Crippen LogP contribution in [0.1, 0.15) is 79.4 Å². The van der Waals surface area contributed by atoms with Gasteiger partial charge in [0.15, 0.2) is 12.2 Å². The van der Waals surface area contributed by atoms with Gasteiger partial charge in [-0.25, -0.2) is 24.0 Å². The minimum absolute atomic E-state index is 0.0108. The van der Waals surface area contributed by atoms with Crippen molar-refractivity contribution in [3.63, 3.8) is 0 Å². The van der Waals surface area contributed by atoms with E-state index in [2.05, 4.69) is 10.1 Å². The number of nitrogens with one attached hydrogen (secondary N) is 1. The summed E-state index contributed by atoms with van der Waals surface area (Å²) in [6.45, 7) is 14.0. The summed E-state index contributed by atoms with van der Waals surface area (Å²) >= 11 is 0. The smallest absolute Gasteiger partial charge is 0.411 e. The molecule has 0 aliphatic rings. The highest BCUT2D eigenvalue weighted by atomic mass is 16.6. The quantitative estimate of drug-likeness (QED) is 0.145. The van der Waals surface area contributed by atoms with Crippen LogP contribution < -0.4 is 5.32 Å². The second-order valence-electron chi connectivity index (χ2n) is 14.9. The van der Waals surface area contributed by atoms with Crippen molar-refractivity contribution in [1.29, 1.82) is 0 Å². The molecule has 0 aliphatic carbocycles. The minimum Gasteiger partial charge on any atom is -0.458 e. The number of esters is 3. The van der Waals surface area contributed by atoms with E-state index in [0.717, 1.165) is 15.4 Å². The van der Waals surface area contributed by atoms with Gasteiger partial charge in [-0.3, -0.25) is 15.0 Å². The molecule has 4 atom stereocenters. The van der Waals surface area contributed by atoms with E-state index in [1.807, 2.05) is 45.9 Å². The molecule has 2 aromatic rings. The lowest BCUT2D eigenvalue weighted by Gasteiger charge is -2.33. The molecule has 0 radical (unpaired) electrons. The fourth-order valence-electron chi connectivity index (χ4n) is 5.21. The standard InChI is InChI=1S/C40H57N3O11/c1-25(2)21-31(36(46)52-27(5)35(45)51-24-29-15-13-12-14-16-29)42(9)34(44)33(23-28-17-19-30(20-18-28)41-38(48)50-11)53-37(47)32(22-26(3)4)43(10)39(49)54-40(6,7)8/h12-20,25-27,31-33H,21-24H2,1-11H3,(H,41,48). The third-order valence-electron chi connectivity index (χ3n) is 8.09. The number of carbonyl (C=O) groups excluding carboxylic acids is 6. The van der Waals surface area contributed by atoms with Crippen molar-refractivity contribution in [3.8, 4) is 0 Å². The maximum Gasteiger partial charge on any atom is 0.411 e. The molecule has 0 saturated carbocycles. The number of benzene rings is 2. The summed E-state index contributed by atoms with van der Waals surface area (Å²) in [5, 5.41) is 2.55. The van der Waals surface area contributed by atoms with Crippen LogP contribution in [0.4, 0.5) is 15.3 Å². The Bertz CT molecular complexity index is 1550. The fourth-order valence-corrected chi connectivity index (χ4v) is 5.21. The van der Waals surface area contributed by atoms with Gasteiger partial charge in [-0.1, -0.05) is 70.2 Å². The van der Waals surface area contributed by atoms with Gasteiger partial charge in [0.05, 0.1) is 7.11 Å². The zero-order valence-corrected chi connectivity index (χ0v) is 33.4. The van der Waals surface area contributed by atoms with Crippen molar-refractivity contribution >= 4 is 41.7 Å².